The van der Waals surface area contributed by atoms with E-state index < -0.39 is 0 Å². The lowest BCUT2D eigenvalue weighted by molar-refractivity contribution is 0.770. The Morgan fingerprint density at radius 1 is 1.38 bits per heavy atom. The van der Waals surface area contributed by atoms with Crippen LogP contribution in [0.25, 0.3) is 11.3 Å². The Morgan fingerprint density at radius 2 is 2.19 bits per heavy atom. The zero-order chi connectivity index (χ0) is 11.5. The Hall–Kier alpha value is -1.32. The summed E-state index contributed by atoms with van der Waals surface area (Å²) >= 11 is 6.00. The minimum absolute atomic E-state index is 0.760. The maximum Gasteiger partial charge on any atom is 0.0682 e. The molecule has 0 amide bonds. The number of hydrogen-bond donors (Lipinski definition) is 1. The number of nitrogens with zero attached hydrogens (tertiary/aromatic N) is 2. The molecule has 16 heavy (non-hydrogen) atoms. The van der Waals surface area contributed by atoms with Crippen molar-refractivity contribution < 1.29 is 0 Å². The van der Waals surface area contributed by atoms with Gasteiger partial charge in [-0.2, -0.15) is 5.10 Å². The van der Waals surface area contributed by atoms with Gasteiger partial charge in [0.2, 0.25) is 0 Å². The van der Waals surface area contributed by atoms with Gasteiger partial charge in [-0.1, -0.05) is 17.7 Å². The Balaban J connectivity index is 2.51. The van der Waals surface area contributed by atoms with Gasteiger partial charge < -0.3 is 5.32 Å². The van der Waals surface area contributed by atoms with E-state index in [1.807, 2.05) is 43.0 Å². The van der Waals surface area contributed by atoms with Crippen LogP contribution in [-0.2, 0) is 13.6 Å². The smallest absolute Gasteiger partial charge is 0.0682 e. The van der Waals surface area contributed by atoms with E-state index in [4.69, 9.17) is 11.6 Å². The highest BCUT2D eigenvalue weighted by atomic mass is 35.5. The summed E-state index contributed by atoms with van der Waals surface area (Å²) in [6.45, 7) is 0.793. The molecular weight excluding hydrogens is 222 g/mol. The van der Waals surface area contributed by atoms with Crippen molar-refractivity contribution in [2.75, 3.05) is 7.05 Å². The number of nitrogens with one attached hydrogen (secondary N) is 1. The summed E-state index contributed by atoms with van der Waals surface area (Å²) in [5, 5.41) is 8.08. The molecule has 0 radical (unpaired) electrons. The summed E-state index contributed by atoms with van der Waals surface area (Å²) < 4.78 is 1.86. The van der Waals surface area contributed by atoms with Gasteiger partial charge in [-0.15, -0.1) is 0 Å². The lowest BCUT2D eigenvalue weighted by atomic mass is 10.0. The van der Waals surface area contributed by atoms with Crippen LogP contribution in [0.2, 0.25) is 5.02 Å². The van der Waals surface area contributed by atoms with Crippen LogP contribution >= 0.6 is 11.6 Å². The molecule has 0 saturated carbocycles. The minimum Gasteiger partial charge on any atom is -0.316 e. The van der Waals surface area contributed by atoms with E-state index in [0.717, 1.165) is 17.3 Å². The van der Waals surface area contributed by atoms with Crippen molar-refractivity contribution in [3.05, 3.63) is 41.0 Å². The van der Waals surface area contributed by atoms with Gasteiger partial charge in [0.15, 0.2) is 0 Å². The molecule has 0 aliphatic carbocycles. The normalized spacial score (nSPS) is 10.7. The summed E-state index contributed by atoms with van der Waals surface area (Å²) in [6.07, 6.45) is 1.80. The van der Waals surface area contributed by atoms with Crippen molar-refractivity contribution in [2.24, 2.45) is 7.05 Å². The maximum absolute atomic E-state index is 6.00. The van der Waals surface area contributed by atoms with Crippen molar-refractivity contribution in [1.29, 1.82) is 0 Å². The van der Waals surface area contributed by atoms with Crippen molar-refractivity contribution in [1.82, 2.24) is 15.1 Å². The largest absolute Gasteiger partial charge is 0.316 e. The van der Waals surface area contributed by atoms with Gasteiger partial charge in [0.25, 0.3) is 0 Å². The van der Waals surface area contributed by atoms with Crippen molar-refractivity contribution in [3.63, 3.8) is 0 Å². The number of rotatable bonds is 3. The number of hydrogen-bond acceptors (Lipinski definition) is 2. The molecule has 84 valence electrons. The molecule has 0 bridgehead atoms. The van der Waals surface area contributed by atoms with Gasteiger partial charge in [-0.3, -0.25) is 4.68 Å². The highest BCUT2D eigenvalue weighted by Gasteiger charge is 2.08. The molecule has 0 aliphatic rings. The molecule has 0 aliphatic heterocycles. The van der Waals surface area contributed by atoms with Crippen LogP contribution in [0.3, 0.4) is 0 Å². The summed E-state index contributed by atoms with van der Waals surface area (Å²) in [7, 11) is 3.86. The molecule has 1 N–H and O–H groups in total. The molecule has 1 aromatic heterocycles. The van der Waals surface area contributed by atoms with E-state index in [1.165, 1.54) is 11.1 Å². The monoisotopic (exact) mass is 235 g/mol. The van der Waals surface area contributed by atoms with E-state index >= 15 is 0 Å². The molecule has 0 unspecified atom stereocenters. The molecule has 0 spiro atoms. The summed E-state index contributed by atoms with van der Waals surface area (Å²) in [5.74, 6) is 0. The van der Waals surface area contributed by atoms with E-state index in [9.17, 15) is 0 Å². The molecule has 3 nitrogen and oxygen atoms in total. The summed E-state index contributed by atoms with van der Waals surface area (Å²) in [4.78, 5) is 0. The third-order valence-electron chi connectivity index (χ3n) is 2.53. The number of aromatic nitrogens is 2. The predicted molar refractivity (Wildman–Crippen MR) is 66.4 cm³/mol. The molecule has 4 heteroatoms. The minimum atomic E-state index is 0.760. The maximum atomic E-state index is 6.00. The van der Waals surface area contributed by atoms with Crippen LogP contribution in [0.1, 0.15) is 5.56 Å². The van der Waals surface area contributed by atoms with E-state index in [-0.39, 0.29) is 0 Å². The fourth-order valence-corrected chi connectivity index (χ4v) is 1.98. The lowest BCUT2D eigenvalue weighted by Gasteiger charge is -2.10. The molecule has 2 aromatic rings. The topological polar surface area (TPSA) is 29.9 Å². The quantitative estimate of drug-likeness (QED) is 0.886. The van der Waals surface area contributed by atoms with Crippen LogP contribution < -0.4 is 5.32 Å². The second-order valence-corrected chi connectivity index (χ2v) is 4.11. The van der Waals surface area contributed by atoms with Gasteiger partial charge in [-0.05, 0) is 30.8 Å². The zero-order valence-electron chi connectivity index (χ0n) is 9.37. The highest BCUT2D eigenvalue weighted by Crippen LogP contribution is 2.25. The number of benzene rings is 1. The fraction of sp³-hybridized carbons (Fsp3) is 0.250. The highest BCUT2D eigenvalue weighted by molar-refractivity contribution is 6.30. The summed E-state index contributed by atoms with van der Waals surface area (Å²) in [5.41, 5.74) is 3.44. The molecular formula is C12H14ClN3. The Morgan fingerprint density at radius 3 is 2.81 bits per heavy atom. The lowest BCUT2D eigenvalue weighted by Crippen LogP contribution is -2.07. The van der Waals surface area contributed by atoms with Crippen LogP contribution in [0.4, 0.5) is 0 Å². The van der Waals surface area contributed by atoms with E-state index in [1.54, 1.807) is 6.20 Å². The first-order chi connectivity index (χ1) is 7.72. The van der Waals surface area contributed by atoms with Gasteiger partial charge in [0.05, 0.1) is 5.69 Å². The van der Waals surface area contributed by atoms with Gasteiger partial charge in [0.1, 0.15) is 0 Å². The van der Waals surface area contributed by atoms with Crippen LogP contribution in [0, 0.1) is 0 Å². The van der Waals surface area contributed by atoms with Crippen LogP contribution in [-0.4, -0.2) is 16.8 Å². The number of aryl methyl sites for hydroxylation is 1. The van der Waals surface area contributed by atoms with Crippen LogP contribution in [0.15, 0.2) is 30.5 Å². The molecule has 0 saturated heterocycles. The second kappa shape index (κ2) is 4.68. The van der Waals surface area contributed by atoms with Gasteiger partial charge in [-0.25, -0.2) is 0 Å². The Kier molecular flexibility index (Phi) is 3.27. The molecule has 0 fully saturated rings. The molecule has 2 rings (SSSR count). The SMILES string of the molecule is CNCc1cc(Cl)ccc1-c1ccnn1C. The average Bonchev–Trinajstić information content (AvgIpc) is 2.65. The van der Waals surface area contributed by atoms with Crippen molar-refractivity contribution in [3.8, 4) is 11.3 Å². The van der Waals surface area contributed by atoms with Crippen molar-refractivity contribution in [2.45, 2.75) is 6.54 Å². The molecule has 1 aromatic carbocycles. The number of halogens is 1. The molecule has 0 atom stereocenters. The third-order valence-corrected chi connectivity index (χ3v) is 2.77. The predicted octanol–water partition coefficient (Wildman–Crippen LogP) is 2.46. The Labute approximate surface area is 100 Å². The van der Waals surface area contributed by atoms with Gasteiger partial charge in [0, 0.05) is 30.4 Å². The molecule has 1 heterocycles. The first kappa shape index (κ1) is 11.2. The zero-order valence-corrected chi connectivity index (χ0v) is 10.1. The fourth-order valence-electron chi connectivity index (χ4n) is 1.79. The van der Waals surface area contributed by atoms with E-state index in [2.05, 4.69) is 10.4 Å². The Bertz CT molecular complexity index is 491. The van der Waals surface area contributed by atoms with Crippen LogP contribution in [0.5, 0.6) is 0 Å². The summed E-state index contributed by atoms with van der Waals surface area (Å²) in [6, 6.07) is 7.93. The average molecular weight is 236 g/mol. The standard InChI is InChI=1S/C12H14ClN3/c1-14-8-9-7-10(13)3-4-11(9)12-5-6-15-16(12)2/h3-7,14H,8H2,1-2H3. The van der Waals surface area contributed by atoms with Gasteiger partial charge >= 0.3 is 0 Å². The van der Waals surface area contributed by atoms with E-state index in [0.29, 0.717) is 0 Å². The first-order valence-electron chi connectivity index (χ1n) is 5.14. The third kappa shape index (κ3) is 2.10. The van der Waals surface area contributed by atoms with Crippen molar-refractivity contribution >= 4 is 11.6 Å². The second-order valence-electron chi connectivity index (χ2n) is 3.67. The first-order valence-corrected chi connectivity index (χ1v) is 5.51.